The number of para-hydroxylation sites is 2. The molecule has 0 atom stereocenters. The molecule has 1 nitrogen and oxygen atoms in total. The van der Waals surface area contributed by atoms with E-state index in [9.17, 15) is 0 Å². The van der Waals surface area contributed by atoms with E-state index in [0.717, 1.165) is 0 Å². The van der Waals surface area contributed by atoms with Crippen molar-refractivity contribution in [2.45, 2.75) is 38.5 Å². The molecule has 0 N–H and O–H groups in total. The number of thiophene rings is 1. The molecule has 184 valence electrons. The van der Waals surface area contributed by atoms with Crippen molar-refractivity contribution in [1.82, 2.24) is 0 Å². The minimum Gasteiger partial charge on any atom is -0.310 e. The van der Waals surface area contributed by atoms with Gasteiger partial charge in [0, 0.05) is 36.7 Å². The minimum absolute atomic E-state index is 0.0511. The number of hydrogen-bond donors (Lipinski definition) is 0. The summed E-state index contributed by atoms with van der Waals surface area (Å²) in [5.41, 5.74) is 12.0. The molecule has 38 heavy (non-hydrogen) atoms. The number of nitrogens with zero attached hydrogens (tertiary/aromatic N) is 1. The molecule has 0 unspecified atom stereocenters. The molecule has 2 aliphatic rings. The van der Waals surface area contributed by atoms with Crippen molar-refractivity contribution in [3.63, 3.8) is 0 Å². The summed E-state index contributed by atoms with van der Waals surface area (Å²) in [7, 11) is 0. The zero-order valence-corrected chi connectivity index (χ0v) is 23.0. The Kier molecular flexibility index (Phi) is 4.29. The van der Waals surface area contributed by atoms with E-state index in [1.807, 2.05) is 11.3 Å². The van der Waals surface area contributed by atoms with E-state index in [1.54, 1.807) is 0 Å². The molecule has 1 aliphatic carbocycles. The van der Waals surface area contributed by atoms with Crippen molar-refractivity contribution < 1.29 is 0 Å². The van der Waals surface area contributed by atoms with Crippen LogP contribution < -0.4 is 4.90 Å². The SMILES string of the molecule is CC1(C)c2cc(N3c4ccccc4C(C)(C)c4ccccc43)ccc2-c2cc3sc4ccccc4c3cc21. The van der Waals surface area contributed by atoms with Gasteiger partial charge in [-0.05, 0) is 75.8 Å². The first kappa shape index (κ1) is 22.1. The molecule has 5 aromatic carbocycles. The third kappa shape index (κ3) is 2.76. The molecule has 0 spiro atoms. The van der Waals surface area contributed by atoms with Crippen LogP contribution in [0.25, 0.3) is 31.3 Å². The smallest absolute Gasteiger partial charge is 0.0502 e. The Morgan fingerprint density at radius 3 is 1.84 bits per heavy atom. The summed E-state index contributed by atoms with van der Waals surface area (Å²) in [6.07, 6.45) is 0. The fourth-order valence-electron chi connectivity index (χ4n) is 7.03. The monoisotopic (exact) mass is 507 g/mol. The quantitative estimate of drug-likeness (QED) is 0.214. The van der Waals surface area contributed by atoms with Crippen molar-refractivity contribution in [2.24, 2.45) is 0 Å². The lowest BCUT2D eigenvalue weighted by Crippen LogP contribution is -2.30. The predicted molar refractivity (Wildman–Crippen MR) is 164 cm³/mol. The van der Waals surface area contributed by atoms with Crippen LogP contribution in [0.2, 0.25) is 0 Å². The zero-order valence-electron chi connectivity index (χ0n) is 22.2. The van der Waals surface area contributed by atoms with Gasteiger partial charge in [-0.3, -0.25) is 0 Å². The maximum absolute atomic E-state index is 2.47. The van der Waals surface area contributed by atoms with Crippen LogP contribution in [0.1, 0.15) is 49.9 Å². The van der Waals surface area contributed by atoms with Gasteiger partial charge in [0.15, 0.2) is 0 Å². The highest BCUT2D eigenvalue weighted by atomic mass is 32.1. The van der Waals surface area contributed by atoms with Crippen LogP contribution in [-0.2, 0) is 10.8 Å². The Morgan fingerprint density at radius 1 is 0.500 bits per heavy atom. The molecule has 1 aliphatic heterocycles. The topological polar surface area (TPSA) is 3.24 Å². The lowest BCUT2D eigenvalue weighted by Gasteiger charge is -2.42. The fraction of sp³-hybridized carbons (Fsp3) is 0.167. The van der Waals surface area contributed by atoms with Gasteiger partial charge in [-0.1, -0.05) is 88.4 Å². The van der Waals surface area contributed by atoms with Crippen LogP contribution in [-0.4, -0.2) is 0 Å². The van der Waals surface area contributed by atoms with Crippen molar-refractivity contribution in [3.8, 4) is 11.1 Å². The number of benzene rings is 5. The van der Waals surface area contributed by atoms with E-state index in [4.69, 9.17) is 0 Å². The van der Waals surface area contributed by atoms with Crippen LogP contribution in [0.15, 0.2) is 103 Å². The standard InChI is InChI=1S/C36H29NS/c1-35(2)27-12-6-8-14-31(27)37(32-15-9-7-13-28(32)35)22-17-18-23-25-21-34-26(24-11-5-10-16-33(24)38-34)20-30(25)36(3,4)29(23)19-22/h5-21H,1-4H3. The lowest BCUT2D eigenvalue weighted by atomic mass is 9.73. The van der Waals surface area contributed by atoms with Crippen molar-refractivity contribution >= 4 is 48.6 Å². The van der Waals surface area contributed by atoms with Gasteiger partial charge in [0.25, 0.3) is 0 Å². The molecular formula is C36H29NS. The third-order valence-electron chi connectivity index (χ3n) is 9.05. The fourth-order valence-corrected chi connectivity index (χ4v) is 8.15. The summed E-state index contributed by atoms with van der Waals surface area (Å²) in [6.45, 7) is 9.48. The van der Waals surface area contributed by atoms with Crippen LogP contribution in [0.4, 0.5) is 17.1 Å². The van der Waals surface area contributed by atoms with Gasteiger partial charge in [-0.15, -0.1) is 11.3 Å². The van der Waals surface area contributed by atoms with Crippen molar-refractivity contribution in [2.75, 3.05) is 4.90 Å². The average Bonchev–Trinajstić information content (AvgIpc) is 3.40. The first-order chi connectivity index (χ1) is 18.4. The van der Waals surface area contributed by atoms with Crippen LogP contribution in [0.3, 0.4) is 0 Å². The summed E-state index contributed by atoms with van der Waals surface area (Å²) in [5.74, 6) is 0. The summed E-state index contributed by atoms with van der Waals surface area (Å²) in [5, 5.41) is 2.75. The Hall–Kier alpha value is -3.88. The highest BCUT2D eigenvalue weighted by molar-refractivity contribution is 7.25. The first-order valence-electron chi connectivity index (χ1n) is 13.5. The van der Waals surface area contributed by atoms with Gasteiger partial charge in [-0.25, -0.2) is 0 Å². The Morgan fingerprint density at radius 2 is 1.11 bits per heavy atom. The second-order valence-electron chi connectivity index (χ2n) is 11.8. The van der Waals surface area contributed by atoms with Gasteiger partial charge in [0.1, 0.15) is 0 Å². The van der Waals surface area contributed by atoms with Gasteiger partial charge < -0.3 is 4.90 Å². The molecule has 0 fully saturated rings. The molecule has 0 radical (unpaired) electrons. The zero-order chi connectivity index (χ0) is 25.8. The highest BCUT2D eigenvalue weighted by Gasteiger charge is 2.39. The molecule has 0 saturated heterocycles. The molecule has 0 saturated carbocycles. The summed E-state index contributed by atoms with van der Waals surface area (Å²) in [4.78, 5) is 2.47. The molecule has 8 rings (SSSR count). The highest BCUT2D eigenvalue weighted by Crippen LogP contribution is 2.55. The molecule has 1 aromatic heterocycles. The Balaban J connectivity index is 1.34. The van der Waals surface area contributed by atoms with Gasteiger partial charge in [0.2, 0.25) is 0 Å². The van der Waals surface area contributed by atoms with E-state index in [1.165, 1.54) is 70.6 Å². The largest absolute Gasteiger partial charge is 0.310 e. The normalized spacial score (nSPS) is 16.3. The van der Waals surface area contributed by atoms with E-state index < -0.39 is 0 Å². The first-order valence-corrected chi connectivity index (χ1v) is 14.3. The minimum atomic E-state index is -0.0774. The predicted octanol–water partition coefficient (Wildman–Crippen LogP) is 10.5. The van der Waals surface area contributed by atoms with E-state index in [2.05, 4.69) is 136 Å². The van der Waals surface area contributed by atoms with E-state index >= 15 is 0 Å². The van der Waals surface area contributed by atoms with Gasteiger partial charge >= 0.3 is 0 Å². The number of anilines is 3. The van der Waals surface area contributed by atoms with Crippen LogP contribution >= 0.6 is 11.3 Å². The molecule has 2 heteroatoms. The average molecular weight is 508 g/mol. The van der Waals surface area contributed by atoms with Gasteiger partial charge in [-0.2, -0.15) is 0 Å². The summed E-state index contributed by atoms with van der Waals surface area (Å²) in [6, 6.07) is 38.7. The van der Waals surface area contributed by atoms with Crippen molar-refractivity contribution in [1.29, 1.82) is 0 Å². The molecule has 0 amide bonds. The maximum atomic E-state index is 2.47. The molecular weight excluding hydrogens is 478 g/mol. The van der Waals surface area contributed by atoms with Crippen LogP contribution in [0.5, 0.6) is 0 Å². The summed E-state index contributed by atoms with van der Waals surface area (Å²) >= 11 is 1.90. The van der Waals surface area contributed by atoms with Crippen molar-refractivity contribution in [3.05, 3.63) is 125 Å². The molecule has 0 bridgehead atoms. The Bertz CT molecular complexity index is 1890. The number of rotatable bonds is 1. The molecule has 6 aromatic rings. The van der Waals surface area contributed by atoms with Gasteiger partial charge in [0.05, 0.1) is 11.4 Å². The maximum Gasteiger partial charge on any atom is 0.0502 e. The molecule has 2 heterocycles. The lowest BCUT2D eigenvalue weighted by molar-refractivity contribution is 0.631. The van der Waals surface area contributed by atoms with E-state index in [0.29, 0.717) is 0 Å². The second kappa shape index (κ2) is 7.36. The second-order valence-corrected chi connectivity index (χ2v) is 12.9. The Labute approximate surface area is 228 Å². The summed E-state index contributed by atoms with van der Waals surface area (Å²) < 4.78 is 2.74. The number of fused-ring (bicyclic) bond motifs is 8. The third-order valence-corrected chi connectivity index (χ3v) is 10.2. The number of hydrogen-bond acceptors (Lipinski definition) is 2. The van der Waals surface area contributed by atoms with E-state index in [-0.39, 0.29) is 10.8 Å². The van der Waals surface area contributed by atoms with Crippen LogP contribution in [0, 0.1) is 0 Å².